The third kappa shape index (κ3) is 3.69. The Labute approximate surface area is 146 Å². The summed E-state index contributed by atoms with van der Waals surface area (Å²) in [6, 6.07) is 13.8. The highest BCUT2D eigenvalue weighted by atomic mass is 35.5. The summed E-state index contributed by atoms with van der Waals surface area (Å²) in [7, 11) is 0. The first kappa shape index (κ1) is 15.9. The topological polar surface area (TPSA) is 7.68 Å². The van der Waals surface area contributed by atoms with Gasteiger partial charge in [0.15, 0.2) is 0 Å². The van der Waals surface area contributed by atoms with E-state index in [4.69, 9.17) is 34.8 Å². The van der Waals surface area contributed by atoms with Crippen LogP contribution in [-0.4, -0.2) is 26.2 Å². The summed E-state index contributed by atoms with van der Waals surface area (Å²) in [4.78, 5) is 3.89. The number of halogens is 3. The summed E-state index contributed by atoms with van der Waals surface area (Å²) < 4.78 is 0. The average Bonchev–Trinajstić information content (AvgIpc) is 2.52. The number of rotatable bonds is 3. The lowest BCUT2D eigenvalue weighted by Gasteiger charge is -2.34. The molecule has 1 aliphatic heterocycles. The van der Waals surface area contributed by atoms with Crippen LogP contribution in [0.5, 0.6) is 0 Å². The lowest BCUT2D eigenvalue weighted by atomic mass is 10.2. The minimum atomic E-state index is 0.761. The molecular weight excluding hydrogens is 339 g/mol. The molecule has 1 heterocycles. The molecule has 1 aliphatic rings. The molecule has 5 heteroatoms. The SMILES string of the molecule is Clc1cccc(N2CC[NH+](Cc3c(Cl)cccc3Cl)CC2)c1. The number of benzene rings is 2. The van der Waals surface area contributed by atoms with Gasteiger partial charge in [-0.05, 0) is 30.3 Å². The second-order valence-electron chi connectivity index (χ2n) is 5.59. The smallest absolute Gasteiger partial charge is 0.106 e. The van der Waals surface area contributed by atoms with Crippen LogP contribution in [0.25, 0.3) is 0 Å². The van der Waals surface area contributed by atoms with Crippen molar-refractivity contribution in [2.24, 2.45) is 0 Å². The Bertz CT molecular complexity index is 632. The van der Waals surface area contributed by atoms with Crippen molar-refractivity contribution in [1.82, 2.24) is 0 Å². The standard InChI is InChI=1S/C17H17Cl3N2/c18-13-3-1-4-14(11-13)22-9-7-21(8-10-22)12-15-16(19)5-2-6-17(15)20/h1-6,11H,7-10,12H2/p+1. The van der Waals surface area contributed by atoms with E-state index in [0.717, 1.165) is 53.4 Å². The summed E-state index contributed by atoms with van der Waals surface area (Å²) in [6.45, 7) is 5.03. The zero-order chi connectivity index (χ0) is 15.5. The van der Waals surface area contributed by atoms with Gasteiger partial charge >= 0.3 is 0 Å². The Kier molecular flexibility index (Phi) is 5.14. The molecule has 3 rings (SSSR count). The molecule has 0 saturated carbocycles. The minimum Gasteiger partial charge on any atom is -0.360 e. The van der Waals surface area contributed by atoms with E-state index in [9.17, 15) is 0 Å². The second kappa shape index (κ2) is 7.10. The number of piperazine rings is 1. The second-order valence-corrected chi connectivity index (χ2v) is 6.84. The molecule has 1 N–H and O–H groups in total. The van der Waals surface area contributed by atoms with E-state index >= 15 is 0 Å². The molecule has 22 heavy (non-hydrogen) atoms. The normalized spacial score (nSPS) is 16.0. The Hall–Kier alpha value is -0.930. The zero-order valence-electron chi connectivity index (χ0n) is 12.2. The van der Waals surface area contributed by atoms with Gasteiger partial charge in [-0.2, -0.15) is 0 Å². The van der Waals surface area contributed by atoms with Gasteiger partial charge < -0.3 is 9.80 Å². The summed E-state index contributed by atoms with van der Waals surface area (Å²) >= 11 is 18.6. The molecule has 0 aliphatic carbocycles. The number of hydrogen-bond donors (Lipinski definition) is 1. The number of anilines is 1. The first-order valence-corrected chi connectivity index (χ1v) is 8.54. The van der Waals surface area contributed by atoms with Crippen molar-refractivity contribution >= 4 is 40.5 Å². The van der Waals surface area contributed by atoms with E-state index in [-0.39, 0.29) is 0 Å². The van der Waals surface area contributed by atoms with E-state index in [2.05, 4.69) is 11.0 Å². The monoisotopic (exact) mass is 355 g/mol. The minimum absolute atomic E-state index is 0.761. The van der Waals surface area contributed by atoms with E-state index in [1.165, 1.54) is 10.6 Å². The summed E-state index contributed by atoms with van der Waals surface area (Å²) in [5.41, 5.74) is 2.25. The maximum absolute atomic E-state index is 6.27. The average molecular weight is 357 g/mol. The van der Waals surface area contributed by atoms with Crippen LogP contribution in [0.4, 0.5) is 5.69 Å². The number of quaternary nitrogens is 1. The van der Waals surface area contributed by atoms with Gasteiger partial charge in [-0.3, -0.25) is 0 Å². The third-order valence-electron chi connectivity index (χ3n) is 4.13. The van der Waals surface area contributed by atoms with Crippen LogP contribution < -0.4 is 9.80 Å². The van der Waals surface area contributed by atoms with E-state index in [1.807, 2.05) is 36.4 Å². The molecule has 0 atom stereocenters. The fraction of sp³-hybridized carbons (Fsp3) is 0.294. The highest BCUT2D eigenvalue weighted by molar-refractivity contribution is 6.35. The molecule has 1 fully saturated rings. The summed E-state index contributed by atoms with van der Waals surface area (Å²) in [6.07, 6.45) is 0. The number of nitrogens with one attached hydrogen (secondary N) is 1. The quantitative estimate of drug-likeness (QED) is 0.883. The first-order chi connectivity index (χ1) is 10.6. The van der Waals surface area contributed by atoms with Gasteiger partial charge in [0.25, 0.3) is 0 Å². The van der Waals surface area contributed by atoms with Gasteiger partial charge in [0.1, 0.15) is 6.54 Å². The van der Waals surface area contributed by atoms with Gasteiger partial charge in [-0.1, -0.05) is 46.9 Å². The van der Waals surface area contributed by atoms with Gasteiger partial charge in [0, 0.05) is 16.3 Å². The molecule has 2 aromatic rings. The van der Waals surface area contributed by atoms with Crippen LogP contribution in [0.2, 0.25) is 15.1 Å². The first-order valence-electron chi connectivity index (χ1n) is 7.40. The molecule has 116 valence electrons. The van der Waals surface area contributed by atoms with Crippen molar-refractivity contribution < 1.29 is 4.90 Å². The lowest BCUT2D eigenvalue weighted by molar-refractivity contribution is -0.914. The predicted molar refractivity (Wildman–Crippen MR) is 94.5 cm³/mol. The molecule has 0 bridgehead atoms. The van der Waals surface area contributed by atoms with Crippen molar-refractivity contribution in [1.29, 1.82) is 0 Å². The molecule has 0 unspecified atom stereocenters. The number of nitrogens with zero attached hydrogens (tertiary/aromatic N) is 1. The molecule has 0 amide bonds. The van der Waals surface area contributed by atoms with Crippen molar-refractivity contribution in [3.8, 4) is 0 Å². The Morgan fingerprint density at radius 1 is 0.909 bits per heavy atom. The van der Waals surface area contributed by atoms with Gasteiger partial charge in [0.2, 0.25) is 0 Å². The third-order valence-corrected chi connectivity index (χ3v) is 5.08. The number of hydrogen-bond acceptors (Lipinski definition) is 1. The largest absolute Gasteiger partial charge is 0.360 e. The molecule has 2 nitrogen and oxygen atoms in total. The Morgan fingerprint density at radius 2 is 1.55 bits per heavy atom. The van der Waals surface area contributed by atoms with Crippen molar-refractivity contribution in [2.45, 2.75) is 6.54 Å². The van der Waals surface area contributed by atoms with Crippen LogP contribution in [-0.2, 0) is 6.54 Å². The molecule has 0 aromatic heterocycles. The fourth-order valence-electron chi connectivity index (χ4n) is 2.88. The van der Waals surface area contributed by atoms with E-state index < -0.39 is 0 Å². The lowest BCUT2D eigenvalue weighted by Crippen LogP contribution is -3.13. The van der Waals surface area contributed by atoms with Crippen molar-refractivity contribution in [3.05, 3.63) is 63.1 Å². The Morgan fingerprint density at radius 3 is 2.18 bits per heavy atom. The molecule has 2 aromatic carbocycles. The van der Waals surface area contributed by atoms with Crippen molar-refractivity contribution in [2.75, 3.05) is 31.1 Å². The summed E-state index contributed by atoms with van der Waals surface area (Å²) in [5.74, 6) is 0. The molecule has 1 saturated heterocycles. The fourth-order valence-corrected chi connectivity index (χ4v) is 3.60. The van der Waals surface area contributed by atoms with Crippen molar-refractivity contribution in [3.63, 3.8) is 0 Å². The van der Waals surface area contributed by atoms with Crippen LogP contribution in [0.1, 0.15) is 5.56 Å². The molecular formula is C17H18Cl3N2+. The Balaban J connectivity index is 1.62. The van der Waals surface area contributed by atoms with Gasteiger partial charge in [-0.15, -0.1) is 0 Å². The maximum Gasteiger partial charge on any atom is 0.106 e. The predicted octanol–water partition coefficient (Wildman–Crippen LogP) is 3.55. The van der Waals surface area contributed by atoms with Gasteiger partial charge in [0.05, 0.1) is 36.2 Å². The van der Waals surface area contributed by atoms with Crippen LogP contribution in [0.15, 0.2) is 42.5 Å². The van der Waals surface area contributed by atoms with E-state index in [1.54, 1.807) is 0 Å². The van der Waals surface area contributed by atoms with Crippen LogP contribution in [0, 0.1) is 0 Å². The van der Waals surface area contributed by atoms with Gasteiger partial charge in [-0.25, -0.2) is 0 Å². The van der Waals surface area contributed by atoms with E-state index in [0.29, 0.717) is 0 Å². The highest BCUT2D eigenvalue weighted by Crippen LogP contribution is 2.23. The summed E-state index contributed by atoms with van der Waals surface area (Å²) in [5, 5.41) is 2.31. The molecule has 0 spiro atoms. The maximum atomic E-state index is 6.27. The van der Waals surface area contributed by atoms with Crippen LogP contribution in [0.3, 0.4) is 0 Å². The van der Waals surface area contributed by atoms with Crippen LogP contribution >= 0.6 is 34.8 Å². The highest BCUT2D eigenvalue weighted by Gasteiger charge is 2.22. The molecule has 0 radical (unpaired) electrons. The zero-order valence-corrected chi connectivity index (χ0v) is 14.4.